The third kappa shape index (κ3) is 2.04. The summed E-state index contributed by atoms with van der Waals surface area (Å²) < 4.78 is 13.2. The molecule has 0 atom stereocenters. The normalized spacial score (nSPS) is 10.5. The van der Waals surface area contributed by atoms with Crippen molar-refractivity contribution in [2.75, 3.05) is 0 Å². The van der Waals surface area contributed by atoms with Crippen LogP contribution in [0.2, 0.25) is 5.15 Å². The van der Waals surface area contributed by atoms with E-state index in [-0.39, 0.29) is 10.8 Å². The molecule has 1 aromatic heterocycles. The summed E-state index contributed by atoms with van der Waals surface area (Å²) in [7, 11) is 0. The molecule has 0 bridgehead atoms. The summed E-state index contributed by atoms with van der Waals surface area (Å²) >= 11 is 5.67. The third-order valence-electron chi connectivity index (χ3n) is 2.29. The van der Waals surface area contributed by atoms with Crippen molar-refractivity contribution < 1.29 is 4.39 Å². The first-order valence-corrected chi connectivity index (χ1v) is 5.22. The molecule has 0 radical (unpaired) electrons. The van der Waals surface area contributed by atoms with Crippen LogP contribution in [0.15, 0.2) is 24.3 Å². The summed E-state index contributed by atoms with van der Waals surface area (Å²) in [5.41, 5.74) is 2.24. The second kappa shape index (κ2) is 4.18. The van der Waals surface area contributed by atoms with Crippen molar-refractivity contribution in [2.24, 2.45) is 0 Å². The molecule has 0 amide bonds. The van der Waals surface area contributed by atoms with Gasteiger partial charge in [0, 0.05) is 5.56 Å². The first kappa shape index (κ1) is 11.0. The number of benzene rings is 1. The Bertz CT molecular complexity index is 500. The molecule has 16 heavy (non-hydrogen) atoms. The Balaban J connectivity index is 2.52. The fraction of sp³-hybridized carbons (Fsp3) is 0.167. The van der Waals surface area contributed by atoms with Crippen molar-refractivity contribution in [3.05, 3.63) is 46.5 Å². The standard InChI is InChI=1S/C12H10ClFN2/c1-7-3-5-9(6-4-7)12-15-8(2)10(14)11(13)16-12/h3-6H,1-2H3. The van der Waals surface area contributed by atoms with Crippen molar-refractivity contribution in [3.8, 4) is 11.4 Å². The molecule has 4 heteroatoms. The Morgan fingerprint density at radius 3 is 2.25 bits per heavy atom. The summed E-state index contributed by atoms with van der Waals surface area (Å²) in [6.07, 6.45) is 0. The van der Waals surface area contributed by atoms with E-state index in [1.165, 1.54) is 0 Å². The number of aryl methyl sites for hydroxylation is 2. The monoisotopic (exact) mass is 236 g/mol. The van der Waals surface area contributed by atoms with Gasteiger partial charge in [0.1, 0.15) is 0 Å². The van der Waals surface area contributed by atoms with Crippen molar-refractivity contribution in [2.45, 2.75) is 13.8 Å². The zero-order chi connectivity index (χ0) is 11.7. The lowest BCUT2D eigenvalue weighted by molar-refractivity contribution is 0.603. The number of hydrogen-bond donors (Lipinski definition) is 0. The van der Waals surface area contributed by atoms with Gasteiger partial charge in [-0.05, 0) is 13.8 Å². The quantitative estimate of drug-likeness (QED) is 0.708. The molecule has 1 heterocycles. The maximum Gasteiger partial charge on any atom is 0.181 e. The molecule has 0 aliphatic rings. The first-order valence-electron chi connectivity index (χ1n) is 4.84. The first-order chi connectivity index (χ1) is 7.58. The van der Waals surface area contributed by atoms with Gasteiger partial charge in [0.15, 0.2) is 16.8 Å². The molecule has 0 fully saturated rings. The van der Waals surface area contributed by atoms with Gasteiger partial charge in [0.05, 0.1) is 5.69 Å². The lowest BCUT2D eigenvalue weighted by Crippen LogP contribution is -1.97. The molecule has 0 spiro atoms. The lowest BCUT2D eigenvalue weighted by Gasteiger charge is -2.04. The van der Waals surface area contributed by atoms with Crippen LogP contribution < -0.4 is 0 Å². The van der Waals surface area contributed by atoms with Gasteiger partial charge in [-0.2, -0.15) is 0 Å². The van der Waals surface area contributed by atoms with Crippen LogP contribution in [0.4, 0.5) is 4.39 Å². The van der Waals surface area contributed by atoms with E-state index in [2.05, 4.69) is 9.97 Å². The summed E-state index contributed by atoms with van der Waals surface area (Å²) in [6, 6.07) is 7.67. The molecular formula is C12H10ClFN2. The highest BCUT2D eigenvalue weighted by Crippen LogP contribution is 2.21. The molecule has 2 rings (SSSR count). The minimum atomic E-state index is -0.558. The van der Waals surface area contributed by atoms with Crippen LogP contribution >= 0.6 is 11.6 Å². The number of hydrogen-bond acceptors (Lipinski definition) is 2. The maximum absolute atomic E-state index is 13.2. The summed E-state index contributed by atoms with van der Waals surface area (Å²) in [5, 5.41) is -0.136. The smallest absolute Gasteiger partial charge is 0.181 e. The Morgan fingerprint density at radius 2 is 1.69 bits per heavy atom. The molecule has 0 aliphatic carbocycles. The van der Waals surface area contributed by atoms with Gasteiger partial charge in [-0.3, -0.25) is 0 Å². The van der Waals surface area contributed by atoms with Crippen LogP contribution in [0.25, 0.3) is 11.4 Å². The average Bonchev–Trinajstić information content (AvgIpc) is 2.26. The molecule has 2 nitrogen and oxygen atoms in total. The highest BCUT2D eigenvalue weighted by molar-refractivity contribution is 6.29. The van der Waals surface area contributed by atoms with Crippen LogP contribution in [0, 0.1) is 19.7 Å². The Morgan fingerprint density at radius 1 is 1.06 bits per heavy atom. The largest absolute Gasteiger partial charge is 0.230 e. The lowest BCUT2D eigenvalue weighted by atomic mass is 10.1. The predicted molar refractivity (Wildman–Crippen MR) is 61.9 cm³/mol. The van der Waals surface area contributed by atoms with Crippen LogP contribution in [-0.2, 0) is 0 Å². The molecule has 0 N–H and O–H groups in total. The van der Waals surface area contributed by atoms with E-state index >= 15 is 0 Å². The highest BCUT2D eigenvalue weighted by Gasteiger charge is 2.10. The molecule has 0 unspecified atom stereocenters. The number of nitrogens with zero attached hydrogens (tertiary/aromatic N) is 2. The van der Waals surface area contributed by atoms with E-state index in [1.807, 2.05) is 31.2 Å². The zero-order valence-electron chi connectivity index (χ0n) is 8.96. The minimum Gasteiger partial charge on any atom is -0.230 e. The second-order valence-electron chi connectivity index (χ2n) is 3.60. The second-order valence-corrected chi connectivity index (χ2v) is 3.96. The van der Waals surface area contributed by atoms with Gasteiger partial charge < -0.3 is 0 Å². The SMILES string of the molecule is Cc1ccc(-c2nc(C)c(F)c(Cl)n2)cc1. The Hall–Kier alpha value is -1.48. The van der Waals surface area contributed by atoms with E-state index in [9.17, 15) is 4.39 Å². The van der Waals surface area contributed by atoms with Gasteiger partial charge in [0.2, 0.25) is 0 Å². The minimum absolute atomic E-state index is 0.136. The highest BCUT2D eigenvalue weighted by atomic mass is 35.5. The van der Waals surface area contributed by atoms with E-state index in [4.69, 9.17) is 11.6 Å². The molecule has 2 aromatic rings. The number of halogens is 2. The van der Waals surface area contributed by atoms with Crippen molar-refractivity contribution in [1.29, 1.82) is 0 Å². The van der Waals surface area contributed by atoms with Gasteiger partial charge in [0.25, 0.3) is 0 Å². The van der Waals surface area contributed by atoms with E-state index in [1.54, 1.807) is 6.92 Å². The molecule has 0 saturated heterocycles. The molecule has 82 valence electrons. The van der Waals surface area contributed by atoms with Crippen molar-refractivity contribution in [3.63, 3.8) is 0 Å². The van der Waals surface area contributed by atoms with Crippen LogP contribution in [0.5, 0.6) is 0 Å². The molecule has 1 aromatic carbocycles. The van der Waals surface area contributed by atoms with Gasteiger partial charge in [-0.1, -0.05) is 41.4 Å². The fourth-order valence-electron chi connectivity index (χ4n) is 1.36. The molecule has 0 aliphatic heterocycles. The van der Waals surface area contributed by atoms with E-state index in [0.717, 1.165) is 11.1 Å². The van der Waals surface area contributed by atoms with Gasteiger partial charge in [-0.15, -0.1) is 0 Å². The Labute approximate surface area is 98.1 Å². The maximum atomic E-state index is 13.2. The zero-order valence-corrected chi connectivity index (χ0v) is 9.72. The number of aromatic nitrogens is 2. The fourth-order valence-corrected chi connectivity index (χ4v) is 1.57. The Kier molecular flexibility index (Phi) is 2.88. The topological polar surface area (TPSA) is 25.8 Å². The average molecular weight is 237 g/mol. The number of rotatable bonds is 1. The van der Waals surface area contributed by atoms with Crippen molar-refractivity contribution in [1.82, 2.24) is 9.97 Å². The summed E-state index contributed by atoms with van der Waals surface area (Å²) in [4.78, 5) is 7.98. The van der Waals surface area contributed by atoms with Crippen LogP contribution in [0.1, 0.15) is 11.3 Å². The molecular weight excluding hydrogens is 227 g/mol. The summed E-state index contributed by atoms with van der Waals surface area (Å²) in [6.45, 7) is 3.56. The predicted octanol–water partition coefficient (Wildman–Crippen LogP) is 3.55. The van der Waals surface area contributed by atoms with Crippen LogP contribution in [-0.4, -0.2) is 9.97 Å². The van der Waals surface area contributed by atoms with Gasteiger partial charge >= 0.3 is 0 Å². The van der Waals surface area contributed by atoms with Gasteiger partial charge in [-0.25, -0.2) is 14.4 Å². The summed E-state index contributed by atoms with van der Waals surface area (Å²) in [5.74, 6) is -0.110. The van der Waals surface area contributed by atoms with E-state index < -0.39 is 5.82 Å². The van der Waals surface area contributed by atoms with Crippen molar-refractivity contribution >= 4 is 11.6 Å². The van der Waals surface area contributed by atoms with Crippen LogP contribution in [0.3, 0.4) is 0 Å². The van der Waals surface area contributed by atoms with E-state index in [0.29, 0.717) is 5.82 Å². The third-order valence-corrected chi connectivity index (χ3v) is 2.54. The molecule has 0 saturated carbocycles.